The van der Waals surface area contributed by atoms with Crippen molar-refractivity contribution >= 4 is 21.9 Å². The summed E-state index contributed by atoms with van der Waals surface area (Å²) in [4.78, 5) is 17.6. The van der Waals surface area contributed by atoms with Gasteiger partial charge in [0.25, 0.3) is 5.56 Å². The van der Waals surface area contributed by atoms with Gasteiger partial charge in [-0.15, -0.1) is 0 Å². The van der Waals surface area contributed by atoms with E-state index < -0.39 is 0 Å². The van der Waals surface area contributed by atoms with Crippen LogP contribution < -0.4 is 15.0 Å². The molecule has 0 atom stereocenters. The number of hydrogen-bond acceptors (Lipinski definition) is 4. The van der Waals surface area contributed by atoms with E-state index in [1.165, 1.54) is 0 Å². The van der Waals surface area contributed by atoms with E-state index in [-0.39, 0.29) is 5.56 Å². The minimum Gasteiger partial charge on any atom is -0.497 e. The SMILES string of the molecule is COc1ccc(CCn2cnc3c4cc(OC)ccc4n(C)c3c2=O)cc1. The molecule has 0 N–H and O–H groups in total. The lowest BCUT2D eigenvalue weighted by Gasteiger charge is -2.07. The quantitative estimate of drug-likeness (QED) is 0.547. The number of hydrogen-bond donors (Lipinski definition) is 0. The molecule has 0 aliphatic heterocycles. The molecule has 0 spiro atoms. The van der Waals surface area contributed by atoms with E-state index >= 15 is 0 Å². The number of nitrogens with zero attached hydrogens (tertiary/aromatic N) is 3. The zero-order valence-electron chi connectivity index (χ0n) is 15.6. The van der Waals surface area contributed by atoms with Crippen LogP contribution in [0.1, 0.15) is 5.56 Å². The number of fused-ring (bicyclic) bond motifs is 3. The first-order valence-corrected chi connectivity index (χ1v) is 8.77. The van der Waals surface area contributed by atoms with Crippen LogP contribution >= 0.6 is 0 Å². The lowest BCUT2D eigenvalue weighted by Crippen LogP contribution is -2.22. The highest BCUT2D eigenvalue weighted by molar-refractivity contribution is 6.05. The summed E-state index contributed by atoms with van der Waals surface area (Å²) < 4.78 is 14.1. The van der Waals surface area contributed by atoms with Crippen molar-refractivity contribution in [2.45, 2.75) is 13.0 Å². The Bertz CT molecular complexity index is 1170. The molecule has 0 amide bonds. The van der Waals surface area contributed by atoms with Crippen molar-refractivity contribution < 1.29 is 9.47 Å². The maximum absolute atomic E-state index is 13.0. The van der Waals surface area contributed by atoms with Gasteiger partial charge in [-0.2, -0.15) is 0 Å². The van der Waals surface area contributed by atoms with Gasteiger partial charge in [-0.3, -0.25) is 9.36 Å². The lowest BCUT2D eigenvalue weighted by atomic mass is 10.1. The molecular formula is C21H21N3O3. The van der Waals surface area contributed by atoms with E-state index in [2.05, 4.69) is 4.98 Å². The van der Waals surface area contributed by atoms with Crippen LogP contribution in [0.25, 0.3) is 21.9 Å². The van der Waals surface area contributed by atoms with Crippen molar-refractivity contribution in [1.82, 2.24) is 14.1 Å². The largest absolute Gasteiger partial charge is 0.497 e. The molecule has 0 radical (unpaired) electrons. The van der Waals surface area contributed by atoms with Crippen LogP contribution in [0.4, 0.5) is 0 Å². The van der Waals surface area contributed by atoms with Crippen molar-refractivity contribution in [3.05, 3.63) is 64.7 Å². The Labute approximate surface area is 156 Å². The Morgan fingerprint density at radius 2 is 1.70 bits per heavy atom. The number of methoxy groups -OCH3 is 2. The second-order valence-electron chi connectivity index (χ2n) is 6.48. The summed E-state index contributed by atoms with van der Waals surface area (Å²) in [6, 6.07) is 13.7. The monoisotopic (exact) mass is 363 g/mol. The number of rotatable bonds is 5. The molecule has 4 rings (SSSR count). The fourth-order valence-electron chi connectivity index (χ4n) is 3.42. The van der Waals surface area contributed by atoms with Crippen molar-refractivity contribution in [2.24, 2.45) is 7.05 Å². The minimum absolute atomic E-state index is 0.0359. The summed E-state index contributed by atoms with van der Waals surface area (Å²) in [5.41, 5.74) is 3.38. The van der Waals surface area contributed by atoms with Crippen molar-refractivity contribution in [1.29, 1.82) is 0 Å². The van der Waals surface area contributed by atoms with Crippen molar-refractivity contribution in [3.63, 3.8) is 0 Å². The zero-order valence-corrected chi connectivity index (χ0v) is 15.6. The normalized spacial score (nSPS) is 11.2. The summed E-state index contributed by atoms with van der Waals surface area (Å²) in [6.07, 6.45) is 2.38. The summed E-state index contributed by atoms with van der Waals surface area (Å²) >= 11 is 0. The Morgan fingerprint density at radius 1 is 1.00 bits per heavy atom. The number of aromatic nitrogens is 3. The summed E-state index contributed by atoms with van der Waals surface area (Å²) in [6.45, 7) is 0.568. The Kier molecular flexibility index (Phi) is 4.32. The first-order chi connectivity index (χ1) is 13.1. The van der Waals surface area contributed by atoms with Crippen LogP contribution in [-0.2, 0) is 20.0 Å². The van der Waals surface area contributed by atoms with Crippen LogP contribution in [0.2, 0.25) is 0 Å². The molecule has 0 aliphatic carbocycles. The van der Waals surface area contributed by atoms with Gasteiger partial charge in [-0.25, -0.2) is 4.98 Å². The average Bonchev–Trinajstić information content (AvgIpc) is 3.00. The second-order valence-corrected chi connectivity index (χ2v) is 6.48. The molecule has 4 aromatic rings. The van der Waals surface area contributed by atoms with E-state index in [1.54, 1.807) is 25.1 Å². The van der Waals surface area contributed by atoms with Crippen LogP contribution in [0.15, 0.2) is 53.6 Å². The van der Waals surface area contributed by atoms with Gasteiger partial charge in [0.1, 0.15) is 22.5 Å². The molecule has 27 heavy (non-hydrogen) atoms. The third kappa shape index (κ3) is 2.93. The molecular weight excluding hydrogens is 342 g/mol. The predicted octanol–water partition coefficient (Wildman–Crippen LogP) is 3.15. The molecule has 0 unspecified atom stereocenters. The predicted molar refractivity (Wildman–Crippen MR) is 106 cm³/mol. The van der Waals surface area contributed by atoms with Crippen LogP contribution in [-0.4, -0.2) is 28.3 Å². The maximum atomic E-state index is 13.0. The molecule has 0 saturated carbocycles. The molecule has 0 saturated heterocycles. The van der Waals surface area contributed by atoms with Crippen molar-refractivity contribution in [2.75, 3.05) is 14.2 Å². The van der Waals surface area contributed by atoms with E-state index in [9.17, 15) is 4.79 Å². The molecule has 0 aliphatic rings. The molecule has 2 aromatic carbocycles. The highest BCUT2D eigenvalue weighted by Crippen LogP contribution is 2.27. The highest BCUT2D eigenvalue weighted by atomic mass is 16.5. The molecule has 6 heteroatoms. The van der Waals surface area contributed by atoms with Crippen LogP contribution in [0, 0.1) is 0 Å². The third-order valence-corrected chi connectivity index (χ3v) is 4.97. The topological polar surface area (TPSA) is 58.3 Å². The van der Waals surface area contributed by atoms with Crippen molar-refractivity contribution in [3.8, 4) is 11.5 Å². The molecule has 2 aromatic heterocycles. The number of benzene rings is 2. The standard InChI is InChI=1S/C21H21N3O3/c1-23-18-9-8-16(27-3)12-17(18)19-20(23)21(25)24(13-22-19)11-10-14-4-6-15(26-2)7-5-14/h4-9,12-13H,10-11H2,1-3H3. The van der Waals surface area contributed by atoms with Gasteiger partial charge in [0.15, 0.2) is 0 Å². The van der Waals surface area contributed by atoms with Gasteiger partial charge in [0, 0.05) is 19.0 Å². The summed E-state index contributed by atoms with van der Waals surface area (Å²) in [7, 11) is 5.18. The maximum Gasteiger partial charge on any atom is 0.277 e. The highest BCUT2D eigenvalue weighted by Gasteiger charge is 2.15. The molecule has 138 valence electrons. The average molecular weight is 363 g/mol. The summed E-state index contributed by atoms with van der Waals surface area (Å²) in [5, 5.41) is 0.922. The fraction of sp³-hybridized carbons (Fsp3) is 0.238. The Morgan fingerprint density at radius 3 is 2.41 bits per heavy atom. The number of aryl methyl sites for hydroxylation is 3. The van der Waals surface area contributed by atoms with Gasteiger partial charge < -0.3 is 14.0 Å². The molecule has 0 bridgehead atoms. The zero-order chi connectivity index (χ0) is 19.0. The van der Waals surface area contributed by atoms with E-state index in [1.807, 2.05) is 54.1 Å². The lowest BCUT2D eigenvalue weighted by molar-refractivity contribution is 0.414. The van der Waals surface area contributed by atoms with Gasteiger partial charge >= 0.3 is 0 Å². The van der Waals surface area contributed by atoms with E-state index in [4.69, 9.17) is 9.47 Å². The van der Waals surface area contributed by atoms with Gasteiger partial charge in [-0.1, -0.05) is 12.1 Å². The van der Waals surface area contributed by atoms with Gasteiger partial charge in [0.05, 0.1) is 26.1 Å². The molecule has 0 fully saturated rings. The van der Waals surface area contributed by atoms with E-state index in [0.29, 0.717) is 17.6 Å². The third-order valence-electron chi connectivity index (χ3n) is 4.97. The van der Waals surface area contributed by atoms with Gasteiger partial charge in [-0.05, 0) is 42.3 Å². The van der Waals surface area contributed by atoms with Crippen LogP contribution in [0.3, 0.4) is 0 Å². The van der Waals surface area contributed by atoms with Gasteiger partial charge in [0.2, 0.25) is 0 Å². The fourth-order valence-corrected chi connectivity index (χ4v) is 3.42. The Balaban J connectivity index is 1.72. The Hall–Kier alpha value is -3.28. The summed E-state index contributed by atoms with van der Waals surface area (Å²) in [5.74, 6) is 1.57. The van der Waals surface area contributed by atoms with E-state index in [0.717, 1.165) is 34.4 Å². The molecule has 2 heterocycles. The first kappa shape index (κ1) is 17.1. The minimum atomic E-state index is -0.0359. The van der Waals surface area contributed by atoms with Crippen LogP contribution in [0.5, 0.6) is 11.5 Å². The first-order valence-electron chi connectivity index (χ1n) is 8.77. The number of ether oxygens (including phenoxy) is 2. The smallest absolute Gasteiger partial charge is 0.277 e. The molecule has 6 nitrogen and oxygen atoms in total. The second kappa shape index (κ2) is 6.79.